The molecule has 1 aromatic carbocycles. The van der Waals surface area contributed by atoms with Crippen molar-refractivity contribution in [1.82, 2.24) is 0 Å². The molecule has 0 fully saturated rings. The first-order chi connectivity index (χ1) is 6.83. The Balaban J connectivity index is 2.53. The van der Waals surface area contributed by atoms with Gasteiger partial charge >= 0.3 is 0 Å². The van der Waals surface area contributed by atoms with Crippen molar-refractivity contribution < 1.29 is 9.21 Å². The number of halogens is 1. The normalized spacial score (nSPS) is 10.1. The maximum absolute atomic E-state index is 10.6. The molecule has 70 valence electrons. The van der Waals surface area contributed by atoms with Gasteiger partial charge in [-0.05, 0) is 22.6 Å². The molecule has 0 unspecified atom stereocenters. The minimum atomic E-state index is 0.601. The van der Waals surface area contributed by atoms with E-state index in [1.54, 1.807) is 0 Å². The lowest BCUT2D eigenvalue weighted by molar-refractivity contribution is 0.112. The summed E-state index contributed by atoms with van der Waals surface area (Å²) in [6.07, 6.45) is 2.29. The van der Waals surface area contributed by atoms with E-state index >= 15 is 0 Å². The third-order valence-electron chi connectivity index (χ3n) is 1.92. The van der Waals surface area contributed by atoms with E-state index in [2.05, 4.69) is 22.6 Å². The van der Waals surface area contributed by atoms with Gasteiger partial charge in [-0.2, -0.15) is 0 Å². The van der Waals surface area contributed by atoms with Crippen molar-refractivity contribution in [3.8, 4) is 11.3 Å². The third-order valence-corrected chi connectivity index (χ3v) is 3.03. The van der Waals surface area contributed by atoms with Crippen LogP contribution in [-0.4, -0.2) is 6.29 Å². The molecule has 0 aliphatic rings. The lowest BCUT2D eigenvalue weighted by Crippen LogP contribution is -1.80. The van der Waals surface area contributed by atoms with Crippen molar-refractivity contribution in [1.29, 1.82) is 0 Å². The minimum absolute atomic E-state index is 0.601. The number of carbonyl (C=O) groups is 1. The molecule has 3 heteroatoms. The van der Waals surface area contributed by atoms with Crippen molar-refractivity contribution >= 4 is 28.9 Å². The van der Waals surface area contributed by atoms with Gasteiger partial charge < -0.3 is 4.42 Å². The van der Waals surface area contributed by atoms with Crippen LogP contribution in [0.1, 0.15) is 10.4 Å². The van der Waals surface area contributed by atoms with Crippen molar-refractivity contribution in [3.05, 3.63) is 45.7 Å². The fraction of sp³-hybridized carbons (Fsp3) is 0. The monoisotopic (exact) mass is 298 g/mol. The predicted octanol–water partition coefficient (Wildman–Crippen LogP) is 3.36. The molecule has 1 aromatic heterocycles. The maximum atomic E-state index is 10.6. The number of hydrogen-bond acceptors (Lipinski definition) is 2. The van der Waals surface area contributed by atoms with E-state index in [-0.39, 0.29) is 0 Å². The van der Waals surface area contributed by atoms with Crippen LogP contribution < -0.4 is 0 Å². The van der Waals surface area contributed by atoms with Crippen LogP contribution in [0.2, 0.25) is 0 Å². The van der Waals surface area contributed by atoms with E-state index in [9.17, 15) is 4.79 Å². The summed E-state index contributed by atoms with van der Waals surface area (Å²) in [5.74, 6) is 0.758. The summed E-state index contributed by atoms with van der Waals surface area (Å²) >= 11 is 2.11. The molecule has 0 N–H and O–H groups in total. The lowest BCUT2D eigenvalue weighted by Gasteiger charge is -1.96. The molecule has 0 bridgehead atoms. The smallest absolute Gasteiger partial charge is 0.154 e. The zero-order valence-corrected chi connectivity index (χ0v) is 9.39. The molecule has 0 saturated carbocycles. The van der Waals surface area contributed by atoms with E-state index in [1.807, 2.05) is 30.3 Å². The van der Waals surface area contributed by atoms with Crippen molar-refractivity contribution in [2.75, 3.05) is 0 Å². The van der Waals surface area contributed by atoms with E-state index in [0.717, 1.165) is 21.2 Å². The Kier molecular flexibility index (Phi) is 2.67. The highest BCUT2D eigenvalue weighted by atomic mass is 127. The second-order valence-corrected chi connectivity index (χ2v) is 3.90. The Morgan fingerprint density at radius 3 is 2.50 bits per heavy atom. The zero-order valence-electron chi connectivity index (χ0n) is 7.24. The summed E-state index contributed by atoms with van der Waals surface area (Å²) < 4.78 is 6.20. The second-order valence-electron chi connectivity index (χ2n) is 2.82. The molecule has 1 heterocycles. The average molecular weight is 298 g/mol. The summed E-state index contributed by atoms with van der Waals surface area (Å²) in [6, 6.07) is 9.73. The highest BCUT2D eigenvalue weighted by Gasteiger charge is 2.11. The van der Waals surface area contributed by atoms with Gasteiger partial charge in [0.2, 0.25) is 0 Å². The molecule has 0 amide bonds. The molecule has 0 aliphatic carbocycles. The van der Waals surface area contributed by atoms with Gasteiger partial charge in [0.05, 0.1) is 9.13 Å². The van der Waals surface area contributed by atoms with Crippen molar-refractivity contribution in [2.24, 2.45) is 0 Å². The lowest BCUT2D eigenvalue weighted by atomic mass is 10.1. The Labute approximate surface area is 95.1 Å². The van der Waals surface area contributed by atoms with Gasteiger partial charge in [0.25, 0.3) is 0 Å². The second kappa shape index (κ2) is 3.96. The van der Waals surface area contributed by atoms with Gasteiger partial charge in [-0.3, -0.25) is 4.79 Å². The number of aldehydes is 1. The maximum Gasteiger partial charge on any atom is 0.154 e. The van der Waals surface area contributed by atoms with Gasteiger partial charge in [-0.25, -0.2) is 0 Å². The molecule has 0 saturated heterocycles. The van der Waals surface area contributed by atoms with E-state index in [4.69, 9.17) is 4.42 Å². The molecule has 14 heavy (non-hydrogen) atoms. The highest BCUT2D eigenvalue weighted by Crippen LogP contribution is 2.28. The quantitative estimate of drug-likeness (QED) is 0.628. The average Bonchev–Trinajstić information content (AvgIpc) is 2.61. The number of hydrogen-bond donors (Lipinski definition) is 0. The Morgan fingerprint density at radius 2 is 1.93 bits per heavy atom. The predicted molar refractivity (Wildman–Crippen MR) is 62.2 cm³/mol. The van der Waals surface area contributed by atoms with Crippen molar-refractivity contribution in [3.63, 3.8) is 0 Å². The Bertz CT molecular complexity index is 446. The third kappa shape index (κ3) is 1.59. The molecular formula is C11H7IO2. The van der Waals surface area contributed by atoms with Crippen LogP contribution in [0.5, 0.6) is 0 Å². The molecule has 0 aliphatic heterocycles. The number of carbonyl (C=O) groups excluding carboxylic acids is 1. The van der Waals surface area contributed by atoms with E-state index < -0.39 is 0 Å². The van der Waals surface area contributed by atoms with Crippen LogP contribution in [0, 0.1) is 3.57 Å². The summed E-state index contributed by atoms with van der Waals surface area (Å²) in [5.41, 5.74) is 1.59. The van der Waals surface area contributed by atoms with Gasteiger partial charge in [0.15, 0.2) is 6.29 Å². The van der Waals surface area contributed by atoms with Gasteiger partial charge in [0, 0.05) is 5.56 Å². The van der Waals surface area contributed by atoms with E-state index in [0.29, 0.717) is 5.56 Å². The standard InChI is InChI=1S/C11H7IO2/c12-10-9(6-13)7-14-11(10)8-4-2-1-3-5-8/h1-7H. The summed E-state index contributed by atoms with van der Waals surface area (Å²) in [7, 11) is 0. The zero-order chi connectivity index (χ0) is 9.97. The fourth-order valence-electron chi connectivity index (χ4n) is 1.22. The van der Waals surface area contributed by atoms with Crippen LogP contribution in [-0.2, 0) is 0 Å². The molecule has 0 radical (unpaired) electrons. The molecular weight excluding hydrogens is 291 g/mol. The Hall–Kier alpha value is -1.10. The molecule has 2 rings (SSSR count). The largest absolute Gasteiger partial charge is 0.462 e. The SMILES string of the molecule is O=Cc1coc(-c2ccccc2)c1I. The van der Waals surface area contributed by atoms with Crippen LogP contribution in [0.25, 0.3) is 11.3 Å². The van der Waals surface area contributed by atoms with Gasteiger partial charge in [-0.1, -0.05) is 30.3 Å². The van der Waals surface area contributed by atoms with Crippen LogP contribution >= 0.6 is 22.6 Å². The van der Waals surface area contributed by atoms with Crippen molar-refractivity contribution in [2.45, 2.75) is 0 Å². The molecule has 0 spiro atoms. The topological polar surface area (TPSA) is 30.2 Å². The number of benzene rings is 1. The van der Waals surface area contributed by atoms with Crippen LogP contribution in [0.15, 0.2) is 41.0 Å². The summed E-state index contributed by atoms with van der Waals surface area (Å²) in [4.78, 5) is 10.6. The first-order valence-electron chi connectivity index (χ1n) is 4.10. The minimum Gasteiger partial charge on any atom is -0.462 e. The Morgan fingerprint density at radius 1 is 1.21 bits per heavy atom. The fourth-order valence-corrected chi connectivity index (χ4v) is 1.91. The molecule has 0 atom stereocenters. The number of furan rings is 1. The number of rotatable bonds is 2. The first kappa shape index (κ1) is 9.45. The summed E-state index contributed by atoms with van der Waals surface area (Å²) in [6.45, 7) is 0. The first-order valence-corrected chi connectivity index (χ1v) is 5.18. The van der Waals surface area contributed by atoms with Crippen LogP contribution in [0.4, 0.5) is 0 Å². The van der Waals surface area contributed by atoms with Gasteiger partial charge in [-0.15, -0.1) is 0 Å². The molecule has 2 aromatic rings. The van der Waals surface area contributed by atoms with E-state index in [1.165, 1.54) is 6.26 Å². The van der Waals surface area contributed by atoms with Gasteiger partial charge in [0.1, 0.15) is 12.0 Å². The summed E-state index contributed by atoms with van der Waals surface area (Å²) in [5, 5.41) is 0. The van der Waals surface area contributed by atoms with Crippen LogP contribution in [0.3, 0.4) is 0 Å². The molecule has 2 nitrogen and oxygen atoms in total. The highest BCUT2D eigenvalue weighted by molar-refractivity contribution is 14.1.